The first kappa shape index (κ1) is 8.44. The Morgan fingerprint density at radius 1 is 1.42 bits per heavy atom. The summed E-state index contributed by atoms with van der Waals surface area (Å²) in [5, 5.41) is 1.35. The molecular formula is C9H9INS+. The molecule has 0 fully saturated rings. The monoisotopic (exact) mass is 290 g/mol. The van der Waals surface area contributed by atoms with E-state index in [2.05, 4.69) is 59.3 Å². The third-order valence-corrected chi connectivity index (χ3v) is 3.80. The highest BCUT2D eigenvalue weighted by Gasteiger charge is 2.11. The van der Waals surface area contributed by atoms with Crippen molar-refractivity contribution in [3.63, 3.8) is 0 Å². The topological polar surface area (TPSA) is 3.88 Å². The summed E-state index contributed by atoms with van der Waals surface area (Å²) in [6, 6.07) is 6.56. The molecule has 62 valence electrons. The van der Waals surface area contributed by atoms with Crippen LogP contribution in [0.2, 0.25) is 0 Å². The summed E-state index contributed by atoms with van der Waals surface area (Å²) in [5.74, 6) is 0. The van der Waals surface area contributed by atoms with Crippen LogP contribution in [0, 0.1) is 10.5 Å². The number of hydrogen-bond acceptors (Lipinski definition) is 1. The average molecular weight is 290 g/mol. The number of halogens is 1. The van der Waals surface area contributed by atoms with E-state index in [-0.39, 0.29) is 0 Å². The predicted molar refractivity (Wildman–Crippen MR) is 60.5 cm³/mol. The van der Waals surface area contributed by atoms with Crippen molar-refractivity contribution in [3.8, 4) is 0 Å². The maximum Gasteiger partial charge on any atom is 0.234 e. The minimum atomic E-state index is 1.31. The minimum Gasteiger partial charge on any atom is -0.189 e. The Kier molecular flexibility index (Phi) is 2.08. The van der Waals surface area contributed by atoms with Gasteiger partial charge in [-0.25, -0.2) is 0 Å². The number of nitrogens with zero attached hydrogens (tertiary/aromatic N) is 1. The lowest BCUT2D eigenvalue weighted by Crippen LogP contribution is -2.28. The number of fused-ring (bicyclic) bond motifs is 1. The van der Waals surface area contributed by atoms with Gasteiger partial charge < -0.3 is 0 Å². The van der Waals surface area contributed by atoms with Crippen molar-refractivity contribution >= 4 is 44.1 Å². The summed E-state index contributed by atoms with van der Waals surface area (Å²) in [5.41, 5.74) is 1.33. The first-order chi connectivity index (χ1) is 5.68. The molecule has 2 aromatic rings. The zero-order valence-corrected chi connectivity index (χ0v) is 9.94. The van der Waals surface area contributed by atoms with Crippen LogP contribution in [0.1, 0.15) is 5.01 Å². The Hall–Kier alpha value is -0.160. The molecule has 0 unspecified atom stereocenters. The van der Waals surface area contributed by atoms with E-state index >= 15 is 0 Å². The second-order valence-electron chi connectivity index (χ2n) is 2.79. The fourth-order valence-electron chi connectivity index (χ4n) is 1.24. The lowest BCUT2D eigenvalue weighted by molar-refractivity contribution is -0.646. The molecule has 0 aliphatic rings. The number of thiazole rings is 1. The first-order valence-corrected chi connectivity index (χ1v) is 5.62. The van der Waals surface area contributed by atoms with Gasteiger partial charge in [-0.3, -0.25) is 0 Å². The van der Waals surface area contributed by atoms with Gasteiger partial charge in [-0.15, -0.1) is 0 Å². The molecule has 0 spiro atoms. The maximum absolute atomic E-state index is 2.35. The molecule has 0 N–H and O–H groups in total. The van der Waals surface area contributed by atoms with Crippen molar-refractivity contribution in [3.05, 3.63) is 26.8 Å². The summed E-state index contributed by atoms with van der Waals surface area (Å²) < 4.78 is 4.92. The van der Waals surface area contributed by atoms with Crippen LogP contribution in [0.3, 0.4) is 0 Å². The number of aromatic nitrogens is 1. The zero-order valence-electron chi connectivity index (χ0n) is 6.97. The normalized spacial score (nSPS) is 10.9. The fourth-order valence-corrected chi connectivity index (χ4v) is 3.00. The molecule has 0 amide bonds. The summed E-state index contributed by atoms with van der Waals surface area (Å²) >= 11 is 4.20. The molecule has 0 aliphatic heterocycles. The van der Waals surface area contributed by atoms with Gasteiger partial charge in [-0.1, -0.05) is 11.3 Å². The van der Waals surface area contributed by atoms with Crippen LogP contribution >= 0.6 is 33.9 Å². The molecule has 2 rings (SSSR count). The Labute approximate surface area is 89.2 Å². The second-order valence-corrected chi connectivity index (χ2v) is 5.27. The molecule has 1 nitrogen and oxygen atoms in total. The largest absolute Gasteiger partial charge is 0.234 e. The van der Waals surface area contributed by atoms with Crippen LogP contribution in [0.4, 0.5) is 0 Å². The molecule has 0 bridgehead atoms. The van der Waals surface area contributed by atoms with Gasteiger partial charge >= 0.3 is 0 Å². The lowest BCUT2D eigenvalue weighted by Gasteiger charge is -1.87. The van der Waals surface area contributed by atoms with E-state index in [1.165, 1.54) is 18.8 Å². The Bertz CT molecular complexity index is 433. The lowest BCUT2D eigenvalue weighted by atomic mass is 10.3. The second kappa shape index (κ2) is 2.96. The van der Waals surface area contributed by atoms with Crippen LogP contribution in [0.25, 0.3) is 10.2 Å². The van der Waals surface area contributed by atoms with Gasteiger partial charge in [0.25, 0.3) is 0 Å². The average Bonchev–Trinajstić information content (AvgIpc) is 2.28. The van der Waals surface area contributed by atoms with Crippen LogP contribution in [-0.2, 0) is 7.05 Å². The summed E-state index contributed by atoms with van der Waals surface area (Å²) in [4.78, 5) is 0. The predicted octanol–water partition coefficient (Wildman–Crippen LogP) is 2.64. The summed E-state index contributed by atoms with van der Waals surface area (Å²) in [7, 11) is 2.11. The molecule has 12 heavy (non-hydrogen) atoms. The van der Waals surface area contributed by atoms with Gasteiger partial charge in [0.2, 0.25) is 10.5 Å². The number of rotatable bonds is 0. The van der Waals surface area contributed by atoms with E-state index in [0.717, 1.165) is 0 Å². The van der Waals surface area contributed by atoms with Crippen LogP contribution in [0.15, 0.2) is 18.2 Å². The SMILES string of the molecule is Cc1sc2cc(I)ccc2[n+]1C. The van der Waals surface area contributed by atoms with Crippen molar-refractivity contribution in [1.29, 1.82) is 0 Å². The highest BCUT2D eigenvalue weighted by molar-refractivity contribution is 14.1. The van der Waals surface area contributed by atoms with Crippen LogP contribution in [0.5, 0.6) is 0 Å². The fraction of sp³-hybridized carbons (Fsp3) is 0.222. The number of hydrogen-bond donors (Lipinski definition) is 0. The van der Waals surface area contributed by atoms with E-state index < -0.39 is 0 Å². The van der Waals surface area contributed by atoms with Gasteiger partial charge in [0.1, 0.15) is 11.7 Å². The van der Waals surface area contributed by atoms with Crippen LogP contribution in [-0.4, -0.2) is 0 Å². The number of benzene rings is 1. The van der Waals surface area contributed by atoms with Crippen molar-refractivity contribution in [2.24, 2.45) is 7.05 Å². The Morgan fingerprint density at radius 2 is 2.17 bits per heavy atom. The minimum absolute atomic E-state index is 1.31. The number of aryl methyl sites for hydroxylation is 2. The van der Waals surface area contributed by atoms with Crippen molar-refractivity contribution in [1.82, 2.24) is 0 Å². The molecule has 0 aliphatic carbocycles. The highest BCUT2D eigenvalue weighted by Crippen LogP contribution is 2.21. The quantitative estimate of drug-likeness (QED) is 0.519. The van der Waals surface area contributed by atoms with Crippen molar-refractivity contribution in [2.45, 2.75) is 6.92 Å². The molecular weight excluding hydrogens is 281 g/mol. The highest BCUT2D eigenvalue weighted by atomic mass is 127. The Morgan fingerprint density at radius 3 is 2.92 bits per heavy atom. The van der Waals surface area contributed by atoms with Gasteiger partial charge in [0.15, 0.2) is 0 Å². The van der Waals surface area contributed by atoms with Gasteiger partial charge in [0, 0.05) is 16.6 Å². The van der Waals surface area contributed by atoms with E-state index in [1.54, 1.807) is 0 Å². The van der Waals surface area contributed by atoms with E-state index in [4.69, 9.17) is 0 Å². The molecule has 1 aromatic carbocycles. The molecule has 0 saturated heterocycles. The zero-order chi connectivity index (χ0) is 8.72. The van der Waals surface area contributed by atoms with Crippen molar-refractivity contribution in [2.75, 3.05) is 0 Å². The molecule has 1 heterocycles. The maximum atomic E-state index is 2.35. The Balaban J connectivity index is 2.87. The summed E-state index contributed by atoms with van der Waals surface area (Å²) in [6.45, 7) is 2.15. The van der Waals surface area contributed by atoms with Gasteiger partial charge in [-0.05, 0) is 34.7 Å². The molecule has 3 heteroatoms. The van der Waals surface area contributed by atoms with E-state index in [9.17, 15) is 0 Å². The third-order valence-electron chi connectivity index (χ3n) is 2.01. The van der Waals surface area contributed by atoms with E-state index in [0.29, 0.717) is 0 Å². The van der Waals surface area contributed by atoms with Gasteiger partial charge in [0.05, 0.1) is 0 Å². The summed E-state index contributed by atoms with van der Waals surface area (Å²) in [6.07, 6.45) is 0. The van der Waals surface area contributed by atoms with E-state index in [1.807, 2.05) is 11.3 Å². The van der Waals surface area contributed by atoms with Crippen molar-refractivity contribution < 1.29 is 4.57 Å². The standard InChI is InChI=1S/C9H9INS/c1-6-11(2)8-4-3-7(10)5-9(8)12-6/h3-5H,1-2H3/q+1. The molecule has 0 radical (unpaired) electrons. The third kappa shape index (κ3) is 1.25. The first-order valence-electron chi connectivity index (χ1n) is 3.73. The van der Waals surface area contributed by atoms with Crippen LogP contribution < -0.4 is 4.57 Å². The molecule has 0 saturated carbocycles. The van der Waals surface area contributed by atoms with Gasteiger partial charge in [-0.2, -0.15) is 4.57 Å². The molecule has 0 atom stereocenters. The molecule has 1 aromatic heterocycles. The smallest absolute Gasteiger partial charge is 0.189 e.